The molecule has 4 rings (SSSR count). The number of allylic oxidation sites excluding steroid dienone is 2. The molecule has 3 aromatic rings. The van der Waals surface area contributed by atoms with Gasteiger partial charge in [-0.2, -0.15) is 13.2 Å². The minimum atomic E-state index is -4.49. The molecule has 136 valence electrons. The maximum absolute atomic E-state index is 14.1. The second kappa shape index (κ2) is 6.64. The first-order valence-corrected chi connectivity index (χ1v) is 9.84. The molecule has 0 unspecified atom stereocenters. The van der Waals surface area contributed by atoms with Crippen LogP contribution in [0, 0.1) is 0 Å². The van der Waals surface area contributed by atoms with Crippen molar-refractivity contribution in [1.29, 1.82) is 0 Å². The SMILES string of the molecule is FC(F)(F)C1=C(Br)C(c2ccccc2)(c2ccccc2)c2ccc(Br)cc21. The van der Waals surface area contributed by atoms with Crippen molar-refractivity contribution >= 4 is 37.4 Å². The van der Waals surface area contributed by atoms with E-state index in [0.717, 1.165) is 11.1 Å². The number of hydrogen-bond donors (Lipinski definition) is 0. The molecule has 0 atom stereocenters. The van der Waals surface area contributed by atoms with E-state index in [2.05, 4.69) is 31.9 Å². The predicted molar refractivity (Wildman–Crippen MR) is 109 cm³/mol. The lowest BCUT2D eigenvalue weighted by Crippen LogP contribution is -2.28. The minimum absolute atomic E-state index is 0.119. The lowest BCUT2D eigenvalue weighted by atomic mass is 9.71. The van der Waals surface area contributed by atoms with Crippen LogP contribution in [0.3, 0.4) is 0 Å². The van der Waals surface area contributed by atoms with Crippen LogP contribution >= 0.6 is 31.9 Å². The third kappa shape index (κ3) is 2.79. The Kier molecular flexibility index (Phi) is 4.55. The molecule has 0 amide bonds. The summed E-state index contributed by atoms with van der Waals surface area (Å²) in [5, 5.41) is 0. The fraction of sp³-hybridized carbons (Fsp3) is 0.0909. The van der Waals surface area contributed by atoms with E-state index in [1.165, 1.54) is 0 Å². The second-order valence-electron chi connectivity index (χ2n) is 6.36. The smallest absolute Gasteiger partial charge is 0.166 e. The fourth-order valence-corrected chi connectivity index (χ4v) is 5.33. The van der Waals surface area contributed by atoms with Gasteiger partial charge in [0.2, 0.25) is 0 Å². The van der Waals surface area contributed by atoms with Crippen LogP contribution in [0.15, 0.2) is 87.8 Å². The molecule has 0 radical (unpaired) electrons. The summed E-state index contributed by atoms with van der Waals surface area (Å²) in [6.07, 6.45) is -4.49. The van der Waals surface area contributed by atoms with Gasteiger partial charge in [0.1, 0.15) is 0 Å². The van der Waals surface area contributed by atoms with Crippen molar-refractivity contribution in [2.45, 2.75) is 11.6 Å². The molecule has 0 aliphatic heterocycles. The first-order chi connectivity index (χ1) is 12.9. The van der Waals surface area contributed by atoms with E-state index in [-0.39, 0.29) is 10.0 Å². The summed E-state index contributed by atoms with van der Waals surface area (Å²) in [6.45, 7) is 0. The van der Waals surface area contributed by atoms with E-state index in [0.29, 0.717) is 10.0 Å². The summed E-state index contributed by atoms with van der Waals surface area (Å²) in [6, 6.07) is 23.7. The van der Waals surface area contributed by atoms with Crippen LogP contribution in [0.2, 0.25) is 0 Å². The molecule has 0 saturated carbocycles. The van der Waals surface area contributed by atoms with E-state index in [1.54, 1.807) is 18.2 Å². The minimum Gasteiger partial charge on any atom is -0.166 e. The maximum atomic E-state index is 14.1. The van der Waals surface area contributed by atoms with Crippen LogP contribution in [0.4, 0.5) is 13.2 Å². The van der Waals surface area contributed by atoms with Gasteiger partial charge in [-0.05, 0) is 34.4 Å². The molecule has 0 nitrogen and oxygen atoms in total. The van der Waals surface area contributed by atoms with Gasteiger partial charge in [0, 0.05) is 8.96 Å². The normalized spacial score (nSPS) is 15.7. The molecule has 5 heteroatoms. The lowest BCUT2D eigenvalue weighted by Gasteiger charge is -2.33. The topological polar surface area (TPSA) is 0 Å². The van der Waals surface area contributed by atoms with Crippen LogP contribution in [0.5, 0.6) is 0 Å². The molecular formula is C22H13Br2F3. The number of alkyl halides is 3. The van der Waals surface area contributed by atoms with Gasteiger partial charge in [0.15, 0.2) is 0 Å². The summed E-state index contributed by atoms with van der Waals surface area (Å²) < 4.78 is 43.0. The molecule has 0 N–H and O–H groups in total. The predicted octanol–water partition coefficient (Wildman–Crippen LogP) is 7.47. The van der Waals surface area contributed by atoms with Crippen molar-refractivity contribution < 1.29 is 13.2 Å². The fourth-order valence-electron chi connectivity index (χ4n) is 3.86. The molecule has 1 aliphatic rings. The highest BCUT2D eigenvalue weighted by molar-refractivity contribution is 9.12. The summed E-state index contributed by atoms with van der Waals surface area (Å²) in [5.41, 5.74) is 0.686. The van der Waals surface area contributed by atoms with E-state index in [9.17, 15) is 13.2 Å². The molecular weight excluding hydrogens is 481 g/mol. The Morgan fingerprint density at radius 3 is 1.70 bits per heavy atom. The van der Waals surface area contributed by atoms with Crippen molar-refractivity contribution in [2.24, 2.45) is 0 Å². The van der Waals surface area contributed by atoms with Crippen molar-refractivity contribution in [3.63, 3.8) is 0 Å². The number of fused-ring (bicyclic) bond motifs is 1. The number of halogens is 5. The van der Waals surface area contributed by atoms with Crippen LogP contribution < -0.4 is 0 Å². The quantitative estimate of drug-likeness (QED) is 0.347. The highest BCUT2D eigenvalue weighted by Gasteiger charge is 2.53. The van der Waals surface area contributed by atoms with Crippen molar-refractivity contribution in [1.82, 2.24) is 0 Å². The van der Waals surface area contributed by atoms with Crippen LogP contribution in [-0.2, 0) is 5.41 Å². The van der Waals surface area contributed by atoms with Gasteiger partial charge in [-0.3, -0.25) is 0 Å². The summed E-state index contributed by atoms with van der Waals surface area (Å²) in [4.78, 5) is 0. The summed E-state index contributed by atoms with van der Waals surface area (Å²) in [5.74, 6) is 0. The Morgan fingerprint density at radius 2 is 1.22 bits per heavy atom. The van der Waals surface area contributed by atoms with Crippen molar-refractivity contribution in [3.05, 3.63) is 110 Å². The molecule has 0 aromatic heterocycles. The van der Waals surface area contributed by atoms with Gasteiger partial charge in [0.25, 0.3) is 0 Å². The number of benzene rings is 3. The molecule has 0 fully saturated rings. The second-order valence-corrected chi connectivity index (χ2v) is 8.07. The third-order valence-electron chi connectivity index (χ3n) is 4.90. The van der Waals surface area contributed by atoms with Crippen LogP contribution in [0.25, 0.3) is 5.57 Å². The molecule has 0 heterocycles. The van der Waals surface area contributed by atoms with Gasteiger partial charge in [-0.25, -0.2) is 0 Å². The molecule has 0 spiro atoms. The zero-order valence-corrected chi connectivity index (χ0v) is 17.1. The van der Waals surface area contributed by atoms with E-state index >= 15 is 0 Å². The zero-order valence-electron chi connectivity index (χ0n) is 13.9. The monoisotopic (exact) mass is 492 g/mol. The number of rotatable bonds is 2. The molecule has 0 bridgehead atoms. The Balaban J connectivity index is 2.19. The Hall–Kier alpha value is -1.85. The average molecular weight is 494 g/mol. The maximum Gasteiger partial charge on any atom is 0.417 e. The Morgan fingerprint density at radius 1 is 0.704 bits per heavy atom. The molecule has 3 aromatic carbocycles. The largest absolute Gasteiger partial charge is 0.417 e. The van der Waals surface area contributed by atoms with Crippen LogP contribution in [0.1, 0.15) is 22.3 Å². The first-order valence-electron chi connectivity index (χ1n) is 8.25. The summed E-state index contributed by atoms with van der Waals surface area (Å²) >= 11 is 6.71. The molecule has 1 aliphatic carbocycles. The summed E-state index contributed by atoms with van der Waals surface area (Å²) in [7, 11) is 0. The van der Waals surface area contributed by atoms with Gasteiger partial charge < -0.3 is 0 Å². The average Bonchev–Trinajstić information content (AvgIpc) is 2.91. The van der Waals surface area contributed by atoms with Gasteiger partial charge in [-0.15, -0.1) is 0 Å². The van der Waals surface area contributed by atoms with Crippen molar-refractivity contribution in [3.8, 4) is 0 Å². The van der Waals surface area contributed by atoms with Gasteiger partial charge in [-0.1, -0.05) is 98.6 Å². The standard InChI is InChI=1S/C22H13Br2F3/c23-16-11-12-18-17(13-16)19(22(25,26)27)20(24)21(18,14-7-3-1-4-8-14)15-9-5-2-6-10-15/h1-13H. The first kappa shape index (κ1) is 18.5. The van der Waals surface area contributed by atoms with E-state index in [4.69, 9.17) is 0 Å². The third-order valence-corrected chi connectivity index (χ3v) is 6.39. The highest BCUT2D eigenvalue weighted by Crippen LogP contribution is 2.60. The molecule has 27 heavy (non-hydrogen) atoms. The van der Waals surface area contributed by atoms with E-state index in [1.807, 2.05) is 60.7 Å². The highest BCUT2D eigenvalue weighted by atomic mass is 79.9. The van der Waals surface area contributed by atoms with Crippen molar-refractivity contribution in [2.75, 3.05) is 0 Å². The van der Waals surface area contributed by atoms with Gasteiger partial charge in [0.05, 0.1) is 11.0 Å². The van der Waals surface area contributed by atoms with E-state index < -0.39 is 17.2 Å². The Bertz CT molecular complexity index is 983. The zero-order chi connectivity index (χ0) is 19.2. The van der Waals surface area contributed by atoms with Gasteiger partial charge >= 0.3 is 6.18 Å². The Labute approximate surface area is 172 Å². The van der Waals surface area contributed by atoms with Crippen LogP contribution in [-0.4, -0.2) is 6.18 Å². The lowest BCUT2D eigenvalue weighted by molar-refractivity contribution is -0.0689. The number of hydrogen-bond acceptors (Lipinski definition) is 0. The molecule has 0 saturated heterocycles.